The van der Waals surface area contributed by atoms with Gasteiger partial charge in [-0.3, -0.25) is 4.99 Å². The molecule has 1 aromatic heterocycles. The molecule has 0 radical (unpaired) electrons. The number of aliphatic imine (C=N–C) groups is 1. The molecule has 9 heteroatoms. The molecule has 1 atom stereocenters. The van der Waals surface area contributed by atoms with Crippen LogP contribution in [-0.4, -0.2) is 49.4 Å². The summed E-state index contributed by atoms with van der Waals surface area (Å²) in [6, 6.07) is 5.93. The third-order valence-electron chi connectivity index (χ3n) is 4.21. The molecule has 140 valence electrons. The quantitative estimate of drug-likeness (QED) is 0.607. The number of methoxy groups -OCH3 is 1. The number of rotatable bonds is 5. The minimum Gasteiger partial charge on any atom is -0.495 e. The summed E-state index contributed by atoms with van der Waals surface area (Å²) in [4.78, 5) is 10.7. The molecule has 3 rings (SSSR count). The van der Waals surface area contributed by atoms with Crippen LogP contribution in [0.5, 0.6) is 5.75 Å². The van der Waals surface area contributed by atoms with Gasteiger partial charge in [0.15, 0.2) is 11.8 Å². The number of aryl methyl sites for hydroxylation is 1. The van der Waals surface area contributed by atoms with Crippen molar-refractivity contribution >= 4 is 23.2 Å². The highest BCUT2D eigenvalue weighted by Gasteiger charge is 2.25. The average Bonchev–Trinajstić information content (AvgIpc) is 3.27. The smallest absolute Gasteiger partial charge is 0.246 e. The summed E-state index contributed by atoms with van der Waals surface area (Å²) in [6.45, 7) is 3.96. The molecule has 1 saturated heterocycles. The standard InChI is InChI=1S/C17H23ClN6O2/c1-11-21-16(26-23-11)9-20-17(19-2)22-13-6-7-24(10-13)14-8-12(18)4-5-15(14)25-3/h4-5,8,13H,6-7,9-10H2,1-3H3,(H2,19,20,22). The van der Waals surface area contributed by atoms with Crippen LogP contribution >= 0.6 is 11.6 Å². The third kappa shape index (κ3) is 4.37. The molecule has 2 heterocycles. The van der Waals surface area contributed by atoms with Gasteiger partial charge in [-0.1, -0.05) is 16.8 Å². The highest BCUT2D eigenvalue weighted by atomic mass is 35.5. The largest absolute Gasteiger partial charge is 0.495 e. The predicted molar refractivity (Wildman–Crippen MR) is 101 cm³/mol. The zero-order valence-corrected chi connectivity index (χ0v) is 15.9. The van der Waals surface area contributed by atoms with Crippen molar-refractivity contribution in [3.8, 4) is 5.75 Å². The van der Waals surface area contributed by atoms with Crippen molar-refractivity contribution < 1.29 is 9.26 Å². The van der Waals surface area contributed by atoms with Crippen LogP contribution < -0.4 is 20.3 Å². The molecule has 2 aromatic rings. The van der Waals surface area contributed by atoms with Crippen LogP contribution in [0.1, 0.15) is 18.1 Å². The molecule has 8 nitrogen and oxygen atoms in total. The van der Waals surface area contributed by atoms with Crippen molar-refractivity contribution in [1.82, 2.24) is 20.8 Å². The van der Waals surface area contributed by atoms with E-state index < -0.39 is 0 Å². The summed E-state index contributed by atoms with van der Waals surface area (Å²) >= 11 is 6.15. The van der Waals surface area contributed by atoms with Crippen LogP contribution in [-0.2, 0) is 6.54 Å². The van der Waals surface area contributed by atoms with E-state index in [0.29, 0.717) is 29.2 Å². The average molecular weight is 379 g/mol. The second-order valence-electron chi connectivity index (χ2n) is 6.05. The highest BCUT2D eigenvalue weighted by Crippen LogP contribution is 2.33. The van der Waals surface area contributed by atoms with Crippen molar-refractivity contribution in [3.05, 3.63) is 34.9 Å². The molecule has 1 aliphatic heterocycles. The minimum atomic E-state index is 0.259. The zero-order chi connectivity index (χ0) is 18.5. The Kier molecular flexibility index (Phi) is 5.82. The molecule has 0 aliphatic carbocycles. The number of benzene rings is 1. The third-order valence-corrected chi connectivity index (χ3v) is 4.45. The van der Waals surface area contributed by atoms with Crippen LogP contribution in [0.25, 0.3) is 0 Å². The Balaban J connectivity index is 1.57. The number of hydrogen-bond donors (Lipinski definition) is 2. The second-order valence-corrected chi connectivity index (χ2v) is 6.49. The molecule has 0 spiro atoms. The maximum absolute atomic E-state index is 6.15. The Hall–Kier alpha value is -2.48. The first-order valence-corrected chi connectivity index (χ1v) is 8.81. The van der Waals surface area contributed by atoms with E-state index in [1.165, 1.54) is 0 Å². The normalized spacial score (nSPS) is 17.5. The molecule has 2 N–H and O–H groups in total. The van der Waals surface area contributed by atoms with Crippen LogP contribution in [0.2, 0.25) is 5.02 Å². The number of halogens is 1. The number of anilines is 1. The molecule has 1 aliphatic rings. The summed E-state index contributed by atoms with van der Waals surface area (Å²) in [7, 11) is 3.41. The minimum absolute atomic E-state index is 0.259. The van der Waals surface area contributed by atoms with Crippen molar-refractivity contribution in [1.29, 1.82) is 0 Å². The molecular formula is C17H23ClN6O2. The van der Waals surface area contributed by atoms with Gasteiger partial charge in [-0.05, 0) is 31.5 Å². The van der Waals surface area contributed by atoms with E-state index in [1.54, 1.807) is 21.1 Å². The van der Waals surface area contributed by atoms with Gasteiger partial charge in [0.05, 0.1) is 19.3 Å². The second kappa shape index (κ2) is 8.27. The summed E-state index contributed by atoms with van der Waals surface area (Å²) in [6.07, 6.45) is 0.982. The van der Waals surface area contributed by atoms with Gasteiger partial charge in [-0.25, -0.2) is 0 Å². The SMILES string of the molecule is CN=C(NCc1nc(C)no1)NC1CCN(c2cc(Cl)ccc2OC)C1. The van der Waals surface area contributed by atoms with Gasteiger partial charge in [0, 0.05) is 31.2 Å². The number of nitrogens with one attached hydrogen (secondary N) is 2. The van der Waals surface area contributed by atoms with Gasteiger partial charge >= 0.3 is 0 Å². The van der Waals surface area contributed by atoms with Crippen molar-refractivity contribution in [2.45, 2.75) is 25.9 Å². The molecule has 26 heavy (non-hydrogen) atoms. The Labute approximate surface area is 157 Å². The van der Waals surface area contributed by atoms with Gasteiger partial charge in [0.2, 0.25) is 5.89 Å². The fourth-order valence-electron chi connectivity index (χ4n) is 2.97. The first-order valence-electron chi connectivity index (χ1n) is 8.44. The fraction of sp³-hybridized carbons (Fsp3) is 0.471. The number of hydrogen-bond acceptors (Lipinski definition) is 6. The van der Waals surface area contributed by atoms with E-state index in [0.717, 1.165) is 30.9 Å². The monoisotopic (exact) mass is 378 g/mol. The zero-order valence-electron chi connectivity index (χ0n) is 15.1. The summed E-state index contributed by atoms with van der Waals surface area (Å²) in [5.74, 6) is 2.67. The van der Waals surface area contributed by atoms with Crippen LogP contribution in [0.4, 0.5) is 5.69 Å². The van der Waals surface area contributed by atoms with E-state index in [1.807, 2.05) is 18.2 Å². The lowest BCUT2D eigenvalue weighted by Gasteiger charge is -2.22. The lowest BCUT2D eigenvalue weighted by Crippen LogP contribution is -2.44. The van der Waals surface area contributed by atoms with E-state index in [9.17, 15) is 0 Å². The lowest BCUT2D eigenvalue weighted by atomic mass is 10.2. The van der Waals surface area contributed by atoms with Crippen LogP contribution in [0.15, 0.2) is 27.7 Å². The van der Waals surface area contributed by atoms with Crippen molar-refractivity contribution in [2.75, 3.05) is 32.1 Å². The number of guanidine groups is 1. The van der Waals surface area contributed by atoms with Gasteiger partial charge in [0.1, 0.15) is 5.75 Å². The number of nitrogens with zero attached hydrogens (tertiary/aromatic N) is 4. The lowest BCUT2D eigenvalue weighted by molar-refractivity contribution is 0.371. The molecule has 1 aromatic carbocycles. The fourth-order valence-corrected chi connectivity index (χ4v) is 3.13. The first-order chi connectivity index (χ1) is 12.6. The molecular weight excluding hydrogens is 356 g/mol. The van der Waals surface area contributed by atoms with Crippen LogP contribution in [0, 0.1) is 6.92 Å². The Bertz CT molecular complexity index is 778. The molecule has 1 unspecified atom stereocenters. The predicted octanol–water partition coefficient (Wildman–Crippen LogP) is 1.98. The molecule has 0 saturated carbocycles. The van der Waals surface area contributed by atoms with Crippen molar-refractivity contribution in [3.63, 3.8) is 0 Å². The van der Waals surface area contributed by atoms with E-state index in [2.05, 4.69) is 30.7 Å². The Morgan fingerprint density at radius 3 is 3.04 bits per heavy atom. The van der Waals surface area contributed by atoms with Gasteiger partial charge < -0.3 is 24.8 Å². The Morgan fingerprint density at radius 2 is 2.35 bits per heavy atom. The first kappa shape index (κ1) is 18.3. The number of aromatic nitrogens is 2. The van der Waals surface area contributed by atoms with E-state index in [4.69, 9.17) is 20.9 Å². The maximum Gasteiger partial charge on any atom is 0.246 e. The Morgan fingerprint density at radius 1 is 1.50 bits per heavy atom. The highest BCUT2D eigenvalue weighted by molar-refractivity contribution is 6.30. The summed E-state index contributed by atoms with van der Waals surface area (Å²) in [5, 5.41) is 11.1. The molecule has 0 bridgehead atoms. The molecule has 1 fully saturated rings. The van der Waals surface area contributed by atoms with Gasteiger partial charge in [-0.15, -0.1) is 0 Å². The molecule has 0 amide bonds. The summed E-state index contributed by atoms with van der Waals surface area (Å²) in [5.41, 5.74) is 1.01. The van der Waals surface area contributed by atoms with E-state index in [-0.39, 0.29) is 6.04 Å². The topological polar surface area (TPSA) is 87.8 Å². The summed E-state index contributed by atoms with van der Waals surface area (Å²) < 4.78 is 10.6. The van der Waals surface area contributed by atoms with Gasteiger partial charge in [-0.2, -0.15) is 4.98 Å². The maximum atomic E-state index is 6.15. The number of ether oxygens (including phenoxy) is 1. The van der Waals surface area contributed by atoms with E-state index >= 15 is 0 Å². The van der Waals surface area contributed by atoms with Gasteiger partial charge in [0.25, 0.3) is 0 Å². The van der Waals surface area contributed by atoms with Crippen molar-refractivity contribution in [2.24, 2.45) is 4.99 Å². The van der Waals surface area contributed by atoms with Crippen LogP contribution in [0.3, 0.4) is 0 Å².